The highest BCUT2D eigenvalue weighted by Gasteiger charge is 2.41. The molecule has 1 fully saturated rings. The number of hydrogen-bond donors (Lipinski definition) is 3. The average Bonchev–Trinajstić information content (AvgIpc) is 3.44. The Morgan fingerprint density at radius 1 is 1.16 bits per heavy atom. The Morgan fingerprint density at radius 2 is 1.93 bits per heavy atom. The average molecular weight is 628 g/mol. The second-order valence-corrected chi connectivity index (χ2v) is 10.6. The van der Waals surface area contributed by atoms with Crippen LogP contribution in [0.25, 0.3) is 11.3 Å². The van der Waals surface area contributed by atoms with Gasteiger partial charge >= 0.3 is 18.4 Å². The molecule has 1 aromatic heterocycles. The molecule has 2 aliphatic heterocycles. The normalized spacial score (nSPS) is 21.0. The Hall–Kier alpha value is -4.07. The van der Waals surface area contributed by atoms with Crippen LogP contribution in [0.15, 0.2) is 36.5 Å². The van der Waals surface area contributed by atoms with E-state index >= 15 is 0 Å². The molecule has 2 aromatic carbocycles. The summed E-state index contributed by atoms with van der Waals surface area (Å²) in [6.07, 6.45) is -5.50. The molecule has 0 aliphatic carbocycles. The summed E-state index contributed by atoms with van der Waals surface area (Å²) >= 11 is 5.81. The zero-order chi connectivity index (χ0) is 30.9. The van der Waals surface area contributed by atoms with Gasteiger partial charge in [-0.15, -0.1) is 0 Å². The molecule has 5 rings (SSSR count). The highest BCUT2D eigenvalue weighted by atomic mass is 35.5. The molecular formula is C28H27ClF5N5O4. The predicted octanol–water partition coefficient (Wildman–Crippen LogP) is 7.73. The van der Waals surface area contributed by atoms with Crippen molar-refractivity contribution in [3.63, 3.8) is 0 Å². The van der Waals surface area contributed by atoms with Crippen LogP contribution >= 0.6 is 11.6 Å². The zero-order valence-electron chi connectivity index (χ0n) is 22.7. The van der Waals surface area contributed by atoms with Gasteiger partial charge in [-0.2, -0.15) is 13.2 Å². The molecule has 1 saturated heterocycles. The van der Waals surface area contributed by atoms with Gasteiger partial charge in [-0.3, -0.25) is 10.2 Å². The van der Waals surface area contributed by atoms with Gasteiger partial charge in [0.25, 0.3) is 0 Å². The number of fused-ring (bicyclic) bond motifs is 4. The first-order valence-electron chi connectivity index (χ1n) is 13.4. The van der Waals surface area contributed by atoms with Crippen LogP contribution in [0, 0.1) is 11.6 Å². The van der Waals surface area contributed by atoms with Gasteiger partial charge in [-0.05, 0) is 43.2 Å². The number of benzene rings is 2. The first-order valence-corrected chi connectivity index (χ1v) is 13.8. The standard InChI is InChI=1S/C28H27ClF5N5O4/c1-42-26(40)36-14-6-7-15-18(12-14)37-22(28(32,33)34)5-3-2-4-20(25-35-13-19(15)38-25)39-11-10-21(43-27(39)41)23-17(30)9-8-16(29)24(23)31/h6-9,12-13,20-22,37H,2-5,10-11H2,1H3,(H,35,38)(H,36,40). The van der Waals surface area contributed by atoms with Crippen LogP contribution in [0.4, 0.5) is 42.9 Å². The molecule has 3 unspecified atom stereocenters. The number of aromatic amines is 1. The molecular weight excluding hydrogens is 601 g/mol. The van der Waals surface area contributed by atoms with Crippen LogP contribution in [-0.2, 0) is 9.47 Å². The van der Waals surface area contributed by atoms with Crippen molar-refractivity contribution < 1.29 is 41.0 Å². The number of aromatic nitrogens is 2. The quantitative estimate of drug-likeness (QED) is 0.203. The van der Waals surface area contributed by atoms with E-state index in [1.54, 1.807) is 0 Å². The van der Waals surface area contributed by atoms with Crippen molar-refractivity contribution in [3.05, 3.63) is 64.6 Å². The van der Waals surface area contributed by atoms with Crippen LogP contribution in [0.1, 0.15) is 55.6 Å². The van der Waals surface area contributed by atoms with Crippen molar-refractivity contribution in [1.82, 2.24) is 14.9 Å². The van der Waals surface area contributed by atoms with Gasteiger partial charge in [0.1, 0.15) is 23.8 Å². The van der Waals surface area contributed by atoms with E-state index in [1.807, 2.05) is 0 Å². The maximum absolute atomic E-state index is 14.6. The van der Waals surface area contributed by atoms with E-state index in [-0.39, 0.29) is 48.6 Å². The predicted molar refractivity (Wildman–Crippen MR) is 147 cm³/mol. The fraction of sp³-hybridized carbons (Fsp3) is 0.393. The van der Waals surface area contributed by atoms with E-state index < -0.39 is 53.7 Å². The number of methoxy groups -OCH3 is 1. The summed E-state index contributed by atoms with van der Waals surface area (Å²) in [4.78, 5) is 33.8. The highest BCUT2D eigenvalue weighted by molar-refractivity contribution is 6.30. The number of ether oxygens (including phenoxy) is 2. The molecule has 3 N–H and O–H groups in total. The third-order valence-corrected chi connectivity index (χ3v) is 7.78. The van der Waals surface area contributed by atoms with Crippen molar-refractivity contribution in [1.29, 1.82) is 0 Å². The summed E-state index contributed by atoms with van der Waals surface area (Å²) in [6, 6.07) is 3.84. The van der Waals surface area contributed by atoms with Crippen molar-refractivity contribution >= 4 is 35.2 Å². The number of halogens is 6. The summed E-state index contributed by atoms with van der Waals surface area (Å²) in [5.41, 5.74) is 0.565. The summed E-state index contributed by atoms with van der Waals surface area (Å²) < 4.78 is 81.3. The molecule has 3 atom stereocenters. The Kier molecular flexibility index (Phi) is 8.67. The second kappa shape index (κ2) is 12.3. The largest absolute Gasteiger partial charge is 0.453 e. The third-order valence-electron chi connectivity index (χ3n) is 7.49. The first-order chi connectivity index (χ1) is 20.5. The minimum atomic E-state index is -4.58. The van der Waals surface area contributed by atoms with Gasteiger partial charge in [0, 0.05) is 29.9 Å². The van der Waals surface area contributed by atoms with Gasteiger partial charge in [0.05, 0.1) is 35.6 Å². The van der Waals surface area contributed by atoms with Crippen LogP contribution in [0.2, 0.25) is 5.02 Å². The Labute approximate surface area is 247 Å². The Morgan fingerprint density at radius 3 is 2.65 bits per heavy atom. The van der Waals surface area contributed by atoms with Crippen molar-refractivity contribution in [2.75, 3.05) is 24.3 Å². The highest BCUT2D eigenvalue weighted by Crippen LogP contribution is 2.39. The van der Waals surface area contributed by atoms with Crippen LogP contribution in [0.3, 0.4) is 0 Å². The number of hydrogen-bond acceptors (Lipinski definition) is 6. The molecule has 2 amide bonds. The maximum atomic E-state index is 14.6. The summed E-state index contributed by atoms with van der Waals surface area (Å²) in [7, 11) is 1.16. The number of alkyl halides is 3. The van der Waals surface area contributed by atoms with Crippen molar-refractivity contribution in [2.24, 2.45) is 0 Å². The molecule has 2 aliphatic rings. The Balaban J connectivity index is 1.46. The lowest BCUT2D eigenvalue weighted by Gasteiger charge is -2.36. The number of carbonyl (C=O) groups excluding carboxylic acids is 2. The lowest BCUT2D eigenvalue weighted by Crippen LogP contribution is -2.42. The lowest BCUT2D eigenvalue weighted by atomic mass is 9.99. The van der Waals surface area contributed by atoms with Gasteiger partial charge in [-0.25, -0.2) is 23.4 Å². The summed E-state index contributed by atoms with van der Waals surface area (Å²) in [5, 5.41) is 4.71. The molecule has 0 saturated carbocycles. The zero-order valence-corrected chi connectivity index (χ0v) is 23.5. The fourth-order valence-corrected chi connectivity index (χ4v) is 5.50. The number of nitrogens with zero attached hydrogens (tertiary/aromatic N) is 2. The van der Waals surface area contributed by atoms with Crippen molar-refractivity contribution in [2.45, 2.75) is 56.5 Å². The van der Waals surface area contributed by atoms with Gasteiger partial charge in [-0.1, -0.05) is 24.4 Å². The minimum Gasteiger partial charge on any atom is -0.453 e. The maximum Gasteiger partial charge on any atom is 0.411 e. The SMILES string of the molecule is COC(=O)Nc1ccc2c(c1)NC(C(F)(F)F)CCCCC(N1CCC(c3c(F)ccc(Cl)c3F)OC1=O)c1ncc-2[nH]1. The number of nitrogens with one attached hydrogen (secondary N) is 3. The molecule has 0 spiro atoms. The number of H-pyrrole nitrogens is 1. The van der Waals surface area contributed by atoms with Gasteiger partial charge in [0.15, 0.2) is 5.82 Å². The van der Waals surface area contributed by atoms with E-state index in [0.717, 1.165) is 19.2 Å². The number of rotatable bonds is 3. The fourth-order valence-electron chi connectivity index (χ4n) is 5.34. The smallest absolute Gasteiger partial charge is 0.411 e. The van der Waals surface area contributed by atoms with E-state index in [4.69, 9.17) is 16.3 Å². The monoisotopic (exact) mass is 627 g/mol. The topological polar surface area (TPSA) is 109 Å². The molecule has 230 valence electrons. The van der Waals surface area contributed by atoms with E-state index in [2.05, 4.69) is 25.3 Å². The van der Waals surface area contributed by atoms with Gasteiger partial charge in [0.2, 0.25) is 0 Å². The molecule has 15 heteroatoms. The Bertz CT molecular complexity index is 1520. The summed E-state index contributed by atoms with van der Waals surface area (Å²) in [5.74, 6) is -1.54. The van der Waals surface area contributed by atoms with E-state index in [0.29, 0.717) is 23.5 Å². The molecule has 3 aromatic rings. The second-order valence-electron chi connectivity index (χ2n) is 10.2. The molecule has 43 heavy (non-hydrogen) atoms. The number of amides is 2. The first kappa shape index (κ1) is 30.4. The molecule has 0 radical (unpaired) electrons. The van der Waals surface area contributed by atoms with Gasteiger partial charge < -0.3 is 19.8 Å². The summed E-state index contributed by atoms with van der Waals surface area (Å²) in [6.45, 7) is 0.0431. The van der Waals surface area contributed by atoms with Crippen molar-refractivity contribution in [3.8, 4) is 11.3 Å². The minimum absolute atomic E-state index is 0.0431. The number of cyclic esters (lactones) is 1. The van der Waals surface area contributed by atoms with Crippen LogP contribution in [0.5, 0.6) is 0 Å². The lowest BCUT2D eigenvalue weighted by molar-refractivity contribution is -0.144. The molecule has 3 heterocycles. The van der Waals surface area contributed by atoms with E-state index in [1.165, 1.54) is 29.3 Å². The van der Waals surface area contributed by atoms with Crippen LogP contribution < -0.4 is 10.6 Å². The van der Waals surface area contributed by atoms with Crippen LogP contribution in [-0.4, -0.2) is 52.9 Å². The number of anilines is 2. The molecule has 9 nitrogen and oxygen atoms in total. The number of carbonyl (C=O) groups is 2. The van der Waals surface area contributed by atoms with E-state index in [9.17, 15) is 31.5 Å². The molecule has 2 bridgehead atoms. The number of imidazole rings is 1. The third kappa shape index (κ3) is 6.48.